The number of carbonyl (C=O) groups is 1. The third-order valence-electron chi connectivity index (χ3n) is 5.73. The lowest BCUT2D eigenvalue weighted by molar-refractivity contribution is -0.123. The van der Waals surface area contributed by atoms with Crippen molar-refractivity contribution in [3.05, 3.63) is 0 Å². The summed E-state index contributed by atoms with van der Waals surface area (Å²) in [5.41, 5.74) is 0.711. The number of carbonyl (C=O) groups excluding carboxylic acids is 1. The maximum atomic E-state index is 12.0. The number of fused-ring (bicyclic) bond motifs is 1. The maximum absolute atomic E-state index is 12.0. The molecular weight excluding hydrogens is 234 g/mol. The zero-order chi connectivity index (χ0) is 12.3. The van der Waals surface area contributed by atoms with Crippen LogP contribution in [0.15, 0.2) is 0 Å². The maximum Gasteiger partial charge on any atom is 0.149 e. The van der Waals surface area contributed by atoms with E-state index in [2.05, 4.69) is 11.8 Å². The number of rotatable bonds is 3. The van der Waals surface area contributed by atoms with Crippen molar-refractivity contribution in [2.45, 2.75) is 57.4 Å². The third-order valence-corrected chi connectivity index (χ3v) is 6.57. The zero-order valence-corrected chi connectivity index (χ0v) is 11.6. The molecular formula is C14H22ClNO. The van der Waals surface area contributed by atoms with Crippen LogP contribution in [-0.2, 0) is 4.79 Å². The highest BCUT2D eigenvalue weighted by atomic mass is 35.5. The van der Waals surface area contributed by atoms with Crippen LogP contribution in [0.1, 0.15) is 46.0 Å². The SMILES string of the molecule is CCC(=O)[C@@H]1C[C@]2(CN1CC)C(Cl)C21CCC1. The predicted octanol–water partition coefficient (Wildman–Crippen LogP) is 2.84. The monoisotopic (exact) mass is 255 g/mol. The summed E-state index contributed by atoms with van der Waals surface area (Å²) in [6.07, 6.45) is 5.62. The molecule has 0 N–H and O–H groups in total. The number of Topliss-reactive ketones (excluding diaryl/α,β-unsaturated/α-hetero) is 1. The van der Waals surface area contributed by atoms with Gasteiger partial charge in [0.1, 0.15) is 5.78 Å². The van der Waals surface area contributed by atoms with Crippen LogP contribution in [0.3, 0.4) is 0 Å². The standard InChI is InChI=1S/C14H22ClNO/c1-3-11(17)10-8-14(9-16(10)4-2)12(15)13(14)6-5-7-13/h10,12H,3-9H2,1-2H3/t10-,12?,14-/m0/s1. The lowest BCUT2D eigenvalue weighted by atomic mass is 9.74. The molecule has 0 bridgehead atoms. The molecule has 17 heavy (non-hydrogen) atoms. The van der Waals surface area contributed by atoms with E-state index in [1.165, 1.54) is 19.3 Å². The first-order chi connectivity index (χ1) is 8.11. The Bertz CT molecular complexity index is 352. The van der Waals surface area contributed by atoms with E-state index in [0.717, 1.165) is 19.5 Å². The predicted molar refractivity (Wildman–Crippen MR) is 69.3 cm³/mol. The van der Waals surface area contributed by atoms with Crippen molar-refractivity contribution in [2.24, 2.45) is 10.8 Å². The molecule has 3 heteroatoms. The number of ketones is 1. The molecule has 0 amide bonds. The van der Waals surface area contributed by atoms with Crippen molar-refractivity contribution >= 4 is 17.4 Å². The molecule has 2 aliphatic carbocycles. The summed E-state index contributed by atoms with van der Waals surface area (Å²) in [6, 6.07) is 0.159. The minimum Gasteiger partial charge on any atom is -0.298 e. The molecule has 1 aliphatic heterocycles. The van der Waals surface area contributed by atoms with Crippen LogP contribution in [0.2, 0.25) is 0 Å². The molecule has 0 aromatic rings. The van der Waals surface area contributed by atoms with Crippen LogP contribution >= 0.6 is 11.6 Å². The van der Waals surface area contributed by atoms with Gasteiger partial charge in [0, 0.05) is 23.8 Å². The fraction of sp³-hybridized carbons (Fsp3) is 0.929. The van der Waals surface area contributed by atoms with Gasteiger partial charge >= 0.3 is 0 Å². The normalized spacial score (nSPS) is 43.0. The Labute approximate surface area is 109 Å². The highest BCUT2D eigenvalue weighted by Crippen LogP contribution is 2.79. The summed E-state index contributed by atoms with van der Waals surface area (Å²) in [7, 11) is 0. The van der Waals surface area contributed by atoms with Gasteiger partial charge in [0.25, 0.3) is 0 Å². The highest BCUT2D eigenvalue weighted by Gasteiger charge is 2.79. The third kappa shape index (κ3) is 1.29. The molecule has 0 aromatic heterocycles. The van der Waals surface area contributed by atoms with E-state index in [-0.39, 0.29) is 11.5 Å². The van der Waals surface area contributed by atoms with Crippen molar-refractivity contribution < 1.29 is 4.79 Å². The molecule has 1 saturated heterocycles. The Morgan fingerprint density at radius 3 is 2.47 bits per heavy atom. The van der Waals surface area contributed by atoms with Crippen LogP contribution in [0, 0.1) is 10.8 Å². The quantitative estimate of drug-likeness (QED) is 0.723. The fourth-order valence-electron chi connectivity index (χ4n) is 4.43. The summed E-state index contributed by atoms with van der Waals surface area (Å²) in [5.74, 6) is 0.411. The molecule has 96 valence electrons. The fourth-order valence-corrected chi connectivity index (χ4v) is 5.18. The first-order valence-corrected chi connectivity index (χ1v) is 7.46. The van der Waals surface area contributed by atoms with Gasteiger partial charge in [0.15, 0.2) is 0 Å². The molecule has 1 unspecified atom stereocenters. The van der Waals surface area contributed by atoms with Crippen LogP contribution in [-0.4, -0.2) is 35.2 Å². The van der Waals surface area contributed by atoms with Gasteiger partial charge in [-0.05, 0) is 31.2 Å². The molecule has 2 nitrogen and oxygen atoms in total. The molecule has 0 aromatic carbocycles. The van der Waals surface area contributed by atoms with E-state index in [0.29, 0.717) is 23.0 Å². The Kier molecular flexibility index (Phi) is 2.61. The first-order valence-electron chi connectivity index (χ1n) is 7.02. The van der Waals surface area contributed by atoms with E-state index < -0.39 is 0 Å². The topological polar surface area (TPSA) is 20.3 Å². The first kappa shape index (κ1) is 12.0. The summed E-state index contributed by atoms with van der Waals surface area (Å²) in [5, 5.41) is 0.340. The molecule has 3 rings (SSSR count). The van der Waals surface area contributed by atoms with Crippen molar-refractivity contribution in [2.75, 3.05) is 13.1 Å². The molecule has 2 saturated carbocycles. The van der Waals surface area contributed by atoms with Crippen LogP contribution in [0.25, 0.3) is 0 Å². The molecule has 2 spiro atoms. The van der Waals surface area contributed by atoms with E-state index in [1.807, 2.05) is 6.92 Å². The number of halogens is 1. The van der Waals surface area contributed by atoms with E-state index >= 15 is 0 Å². The second-order valence-corrected chi connectivity index (χ2v) is 6.57. The lowest BCUT2D eigenvalue weighted by Gasteiger charge is -2.30. The number of hydrogen-bond donors (Lipinski definition) is 0. The van der Waals surface area contributed by atoms with Crippen molar-refractivity contribution in [1.82, 2.24) is 4.90 Å². The smallest absolute Gasteiger partial charge is 0.149 e. The average molecular weight is 256 g/mol. The summed E-state index contributed by atoms with van der Waals surface area (Å²) in [6.45, 7) is 6.19. The van der Waals surface area contributed by atoms with E-state index in [4.69, 9.17) is 11.6 Å². The molecule has 3 aliphatic rings. The summed E-state index contributed by atoms with van der Waals surface area (Å²) in [4.78, 5) is 14.4. The van der Waals surface area contributed by atoms with E-state index in [9.17, 15) is 4.79 Å². The van der Waals surface area contributed by atoms with Crippen molar-refractivity contribution in [3.63, 3.8) is 0 Å². The minimum absolute atomic E-state index is 0.159. The highest BCUT2D eigenvalue weighted by molar-refractivity contribution is 6.24. The lowest BCUT2D eigenvalue weighted by Crippen LogP contribution is -2.35. The second kappa shape index (κ2) is 3.71. The Hall–Kier alpha value is -0.0800. The number of likely N-dealkylation sites (tertiary alicyclic amines) is 1. The Morgan fingerprint density at radius 1 is 1.35 bits per heavy atom. The largest absolute Gasteiger partial charge is 0.298 e. The van der Waals surface area contributed by atoms with Crippen LogP contribution in [0.5, 0.6) is 0 Å². The van der Waals surface area contributed by atoms with Gasteiger partial charge in [0.2, 0.25) is 0 Å². The summed E-state index contributed by atoms with van der Waals surface area (Å²) < 4.78 is 0. The average Bonchev–Trinajstić information content (AvgIpc) is 2.64. The van der Waals surface area contributed by atoms with Crippen LogP contribution in [0.4, 0.5) is 0 Å². The molecule has 0 radical (unpaired) electrons. The van der Waals surface area contributed by atoms with Gasteiger partial charge in [-0.2, -0.15) is 0 Å². The Morgan fingerprint density at radius 2 is 2.06 bits per heavy atom. The van der Waals surface area contributed by atoms with Gasteiger partial charge in [0.05, 0.1) is 6.04 Å². The van der Waals surface area contributed by atoms with E-state index in [1.54, 1.807) is 0 Å². The van der Waals surface area contributed by atoms with Gasteiger partial charge in [-0.25, -0.2) is 0 Å². The molecule has 1 heterocycles. The Balaban J connectivity index is 1.81. The zero-order valence-electron chi connectivity index (χ0n) is 10.8. The van der Waals surface area contributed by atoms with Crippen molar-refractivity contribution in [1.29, 1.82) is 0 Å². The second-order valence-electron chi connectivity index (χ2n) is 6.13. The number of likely N-dealkylation sites (N-methyl/N-ethyl adjacent to an activating group) is 1. The summed E-state index contributed by atoms with van der Waals surface area (Å²) >= 11 is 6.60. The van der Waals surface area contributed by atoms with Crippen LogP contribution < -0.4 is 0 Å². The van der Waals surface area contributed by atoms with Gasteiger partial charge in [-0.15, -0.1) is 11.6 Å². The molecule has 3 fully saturated rings. The molecule has 3 atom stereocenters. The van der Waals surface area contributed by atoms with Gasteiger partial charge in [-0.3, -0.25) is 9.69 Å². The van der Waals surface area contributed by atoms with Crippen molar-refractivity contribution in [3.8, 4) is 0 Å². The minimum atomic E-state index is 0.159. The number of alkyl halides is 1. The number of hydrogen-bond acceptors (Lipinski definition) is 2. The van der Waals surface area contributed by atoms with Gasteiger partial charge in [-0.1, -0.05) is 20.3 Å². The number of nitrogens with zero attached hydrogens (tertiary/aromatic N) is 1. The van der Waals surface area contributed by atoms with Gasteiger partial charge < -0.3 is 0 Å².